The molecule has 0 N–H and O–H groups in total. The highest BCUT2D eigenvalue weighted by atomic mass is 16.5. The lowest BCUT2D eigenvalue weighted by atomic mass is 10.1. The van der Waals surface area contributed by atoms with Gasteiger partial charge < -0.3 is 5.21 Å². The second-order valence-corrected chi connectivity index (χ2v) is 4.22. The largest absolute Gasteiger partial charge is 0.618 e. The van der Waals surface area contributed by atoms with E-state index in [0.717, 1.165) is 28.8 Å². The minimum absolute atomic E-state index is 0.462. The van der Waals surface area contributed by atoms with Gasteiger partial charge in [0, 0.05) is 29.9 Å². The molecule has 4 nitrogen and oxygen atoms in total. The maximum atomic E-state index is 11.7. The van der Waals surface area contributed by atoms with E-state index in [1.807, 2.05) is 23.0 Å². The van der Waals surface area contributed by atoms with Crippen LogP contribution in [0.5, 0.6) is 0 Å². The molecule has 4 heteroatoms. The molecule has 82 valence electrons. The van der Waals surface area contributed by atoms with Crippen molar-refractivity contribution in [1.29, 1.82) is 0 Å². The molecule has 0 aliphatic heterocycles. The number of rotatable bonds is 3. The molecule has 1 fully saturated rings. The van der Waals surface area contributed by atoms with E-state index in [2.05, 4.69) is 5.10 Å². The Bertz CT molecular complexity index is 489. The Balaban J connectivity index is 1.96. The average molecular weight is 215 g/mol. The zero-order valence-corrected chi connectivity index (χ0v) is 8.91. The zero-order chi connectivity index (χ0) is 11.0. The van der Waals surface area contributed by atoms with Gasteiger partial charge in [-0.1, -0.05) is 0 Å². The van der Waals surface area contributed by atoms with Gasteiger partial charge in [0.05, 0.1) is 6.54 Å². The van der Waals surface area contributed by atoms with Crippen molar-refractivity contribution in [2.75, 3.05) is 0 Å². The minimum atomic E-state index is 0.462. The third kappa shape index (κ3) is 1.66. The summed E-state index contributed by atoms with van der Waals surface area (Å²) < 4.78 is 2.86. The van der Waals surface area contributed by atoms with Gasteiger partial charge in [-0.05, 0) is 25.0 Å². The summed E-state index contributed by atoms with van der Waals surface area (Å²) in [6.07, 6.45) is 7.53. The third-order valence-electron chi connectivity index (χ3n) is 2.94. The van der Waals surface area contributed by atoms with Gasteiger partial charge in [0.15, 0.2) is 6.20 Å². The van der Waals surface area contributed by atoms with Crippen LogP contribution in [0.2, 0.25) is 0 Å². The first-order valence-electron chi connectivity index (χ1n) is 5.53. The molecule has 2 aromatic rings. The first kappa shape index (κ1) is 9.39. The molecule has 2 heterocycles. The fraction of sp³-hybridized carbons (Fsp3) is 0.333. The van der Waals surface area contributed by atoms with Gasteiger partial charge in [0.25, 0.3) is 0 Å². The normalized spacial score (nSPS) is 15.2. The first-order chi connectivity index (χ1) is 7.84. The SMILES string of the molecule is [O-][n+]1cccc(Cn2cccn2)c1C1CC1. The predicted molar refractivity (Wildman–Crippen MR) is 58.7 cm³/mol. The highest BCUT2D eigenvalue weighted by Gasteiger charge is 2.33. The van der Waals surface area contributed by atoms with Gasteiger partial charge in [-0.25, -0.2) is 0 Å². The summed E-state index contributed by atoms with van der Waals surface area (Å²) in [6, 6.07) is 5.71. The Labute approximate surface area is 93.7 Å². The van der Waals surface area contributed by atoms with Crippen LogP contribution >= 0.6 is 0 Å². The molecule has 0 unspecified atom stereocenters. The van der Waals surface area contributed by atoms with Gasteiger partial charge in [-0.15, -0.1) is 0 Å². The number of pyridine rings is 1. The molecule has 0 radical (unpaired) electrons. The van der Waals surface area contributed by atoms with E-state index in [0.29, 0.717) is 12.5 Å². The van der Waals surface area contributed by atoms with E-state index >= 15 is 0 Å². The summed E-state index contributed by atoms with van der Waals surface area (Å²) in [4.78, 5) is 0. The van der Waals surface area contributed by atoms with Crippen LogP contribution in [0.15, 0.2) is 36.8 Å². The van der Waals surface area contributed by atoms with Crippen molar-refractivity contribution in [3.63, 3.8) is 0 Å². The molecular formula is C12H13N3O. The Morgan fingerprint density at radius 3 is 3.00 bits per heavy atom. The summed E-state index contributed by atoms with van der Waals surface area (Å²) in [7, 11) is 0. The molecule has 1 aliphatic rings. The lowest BCUT2D eigenvalue weighted by Crippen LogP contribution is -2.32. The standard InChI is InChI=1S/C12H13N3O/c16-15-8-1-3-11(12(15)10-4-5-10)9-14-7-2-6-13-14/h1-3,6-8,10H,4-5,9H2. The topological polar surface area (TPSA) is 44.8 Å². The van der Waals surface area contributed by atoms with Gasteiger partial charge in [0.2, 0.25) is 5.69 Å². The smallest absolute Gasteiger partial charge is 0.200 e. The molecule has 0 amide bonds. The second-order valence-electron chi connectivity index (χ2n) is 4.22. The third-order valence-corrected chi connectivity index (χ3v) is 2.94. The van der Waals surface area contributed by atoms with Crippen LogP contribution in [0.1, 0.15) is 30.0 Å². The molecular weight excluding hydrogens is 202 g/mol. The maximum absolute atomic E-state index is 11.7. The Morgan fingerprint density at radius 1 is 1.44 bits per heavy atom. The van der Waals surface area contributed by atoms with Crippen molar-refractivity contribution in [3.05, 3.63) is 53.3 Å². The molecule has 3 rings (SSSR count). The van der Waals surface area contributed by atoms with E-state index in [-0.39, 0.29) is 0 Å². The van der Waals surface area contributed by atoms with Gasteiger partial charge >= 0.3 is 0 Å². The zero-order valence-electron chi connectivity index (χ0n) is 8.91. The quantitative estimate of drug-likeness (QED) is 0.574. The summed E-state index contributed by atoms with van der Waals surface area (Å²) in [5.41, 5.74) is 2.02. The molecule has 0 atom stereocenters. The molecule has 0 saturated heterocycles. The average Bonchev–Trinajstić information content (AvgIpc) is 2.97. The van der Waals surface area contributed by atoms with Crippen LogP contribution in [0.25, 0.3) is 0 Å². The van der Waals surface area contributed by atoms with Crippen molar-refractivity contribution in [2.24, 2.45) is 0 Å². The molecule has 0 bridgehead atoms. The Hall–Kier alpha value is -1.84. The van der Waals surface area contributed by atoms with Gasteiger partial charge in [0.1, 0.15) is 0 Å². The Morgan fingerprint density at radius 2 is 2.31 bits per heavy atom. The van der Waals surface area contributed by atoms with Crippen LogP contribution in [-0.4, -0.2) is 9.78 Å². The predicted octanol–water partition coefficient (Wildman–Crippen LogP) is 1.44. The van der Waals surface area contributed by atoms with Crippen LogP contribution in [0, 0.1) is 5.21 Å². The van der Waals surface area contributed by atoms with Gasteiger partial charge in [-0.3, -0.25) is 4.68 Å². The Kier molecular flexibility index (Phi) is 2.13. The van der Waals surface area contributed by atoms with E-state index < -0.39 is 0 Å². The highest BCUT2D eigenvalue weighted by molar-refractivity contribution is 5.23. The first-order valence-corrected chi connectivity index (χ1v) is 5.53. The number of aromatic nitrogens is 3. The lowest BCUT2D eigenvalue weighted by Gasteiger charge is -2.09. The van der Waals surface area contributed by atoms with Crippen molar-refractivity contribution in [2.45, 2.75) is 25.3 Å². The van der Waals surface area contributed by atoms with E-state index in [1.54, 1.807) is 18.5 Å². The number of hydrogen-bond donors (Lipinski definition) is 0. The highest BCUT2D eigenvalue weighted by Crippen LogP contribution is 2.39. The van der Waals surface area contributed by atoms with Crippen LogP contribution in [-0.2, 0) is 6.54 Å². The molecule has 16 heavy (non-hydrogen) atoms. The van der Waals surface area contributed by atoms with Crippen LogP contribution in [0.4, 0.5) is 0 Å². The van der Waals surface area contributed by atoms with Crippen molar-refractivity contribution in [1.82, 2.24) is 9.78 Å². The summed E-state index contributed by atoms with van der Waals surface area (Å²) in [6.45, 7) is 0.682. The van der Waals surface area contributed by atoms with Crippen LogP contribution in [0.3, 0.4) is 0 Å². The van der Waals surface area contributed by atoms with Crippen molar-refractivity contribution < 1.29 is 4.73 Å². The monoisotopic (exact) mass is 215 g/mol. The second kappa shape index (κ2) is 3.63. The number of hydrogen-bond acceptors (Lipinski definition) is 2. The van der Waals surface area contributed by atoms with Crippen molar-refractivity contribution in [3.8, 4) is 0 Å². The molecule has 0 spiro atoms. The minimum Gasteiger partial charge on any atom is -0.618 e. The van der Waals surface area contributed by atoms with E-state index in [9.17, 15) is 5.21 Å². The maximum Gasteiger partial charge on any atom is 0.200 e. The molecule has 2 aromatic heterocycles. The molecule has 1 saturated carbocycles. The summed E-state index contributed by atoms with van der Waals surface area (Å²) >= 11 is 0. The lowest BCUT2D eigenvalue weighted by molar-refractivity contribution is -0.614. The summed E-state index contributed by atoms with van der Waals surface area (Å²) in [5, 5.41) is 15.9. The fourth-order valence-corrected chi connectivity index (χ4v) is 2.05. The fourth-order valence-electron chi connectivity index (χ4n) is 2.05. The molecule has 0 aromatic carbocycles. The van der Waals surface area contributed by atoms with Gasteiger partial charge in [-0.2, -0.15) is 9.83 Å². The van der Waals surface area contributed by atoms with Crippen LogP contribution < -0.4 is 4.73 Å². The van der Waals surface area contributed by atoms with E-state index in [1.165, 1.54) is 0 Å². The van der Waals surface area contributed by atoms with Crippen molar-refractivity contribution >= 4 is 0 Å². The number of nitrogens with zero attached hydrogens (tertiary/aromatic N) is 3. The van der Waals surface area contributed by atoms with E-state index in [4.69, 9.17) is 0 Å². The summed E-state index contributed by atoms with van der Waals surface area (Å²) in [5.74, 6) is 0.462. The molecule has 1 aliphatic carbocycles.